The Kier molecular flexibility index (Phi) is 8.59. The van der Waals surface area contributed by atoms with Gasteiger partial charge in [-0.05, 0) is 41.5 Å². The maximum atomic E-state index is 6.90. The first-order valence-corrected chi connectivity index (χ1v) is 19.3. The molecule has 1 unspecified atom stereocenters. The lowest BCUT2D eigenvalue weighted by Gasteiger charge is -2.45. The molecule has 0 N–H and O–H groups in total. The van der Waals surface area contributed by atoms with Crippen LogP contribution < -0.4 is 4.74 Å². The summed E-state index contributed by atoms with van der Waals surface area (Å²) in [4.78, 5) is 10.2. The SMILES string of the molecule is CC.CC.c1ccc(-c2cc(-c3ccc4c(c3)Oc3ccccc3C43c4ccccc4-n4c5ccccc5c5cccc3c54)nc(-c3ccccc3)n2)cc1. The van der Waals surface area contributed by atoms with Crippen molar-refractivity contribution in [1.82, 2.24) is 14.5 Å². The van der Waals surface area contributed by atoms with Crippen molar-refractivity contribution in [2.45, 2.75) is 33.1 Å². The van der Waals surface area contributed by atoms with Gasteiger partial charge in [0.25, 0.3) is 0 Å². The smallest absolute Gasteiger partial charge is 0.160 e. The van der Waals surface area contributed by atoms with E-state index in [1.165, 1.54) is 38.6 Å². The van der Waals surface area contributed by atoms with Crippen LogP contribution in [0.15, 0.2) is 176 Å². The molecule has 266 valence electrons. The Balaban J connectivity index is 0.000000963. The third-order valence-corrected chi connectivity index (χ3v) is 10.7. The lowest BCUT2D eigenvalue weighted by Crippen LogP contribution is -2.37. The second-order valence-corrected chi connectivity index (χ2v) is 13.3. The average Bonchev–Trinajstić information content (AvgIpc) is 3.62. The number of aromatic nitrogens is 3. The summed E-state index contributed by atoms with van der Waals surface area (Å²) in [6, 6.07) is 62.2. The fraction of sp³-hybridized carbons (Fsp3) is 0.0980. The van der Waals surface area contributed by atoms with E-state index in [0.29, 0.717) is 5.82 Å². The quantitative estimate of drug-likeness (QED) is 0.183. The van der Waals surface area contributed by atoms with Gasteiger partial charge in [0.1, 0.15) is 11.5 Å². The Labute approximate surface area is 322 Å². The summed E-state index contributed by atoms with van der Waals surface area (Å²) < 4.78 is 9.37. The van der Waals surface area contributed by atoms with Gasteiger partial charge in [0.15, 0.2) is 5.82 Å². The predicted octanol–water partition coefficient (Wildman–Crippen LogP) is 13.4. The van der Waals surface area contributed by atoms with E-state index in [9.17, 15) is 0 Å². The van der Waals surface area contributed by atoms with Crippen molar-refractivity contribution in [3.63, 3.8) is 0 Å². The molecule has 9 aromatic rings. The highest BCUT2D eigenvalue weighted by atomic mass is 16.5. The third kappa shape index (κ3) is 5.13. The van der Waals surface area contributed by atoms with E-state index in [2.05, 4.69) is 144 Å². The minimum atomic E-state index is -0.612. The van der Waals surface area contributed by atoms with E-state index in [1.807, 2.05) is 64.1 Å². The van der Waals surface area contributed by atoms with Crippen LogP contribution in [0.5, 0.6) is 11.5 Å². The Hall–Kier alpha value is -6.78. The second kappa shape index (κ2) is 13.9. The molecule has 4 heterocycles. The van der Waals surface area contributed by atoms with Gasteiger partial charge in [-0.25, -0.2) is 9.97 Å². The topological polar surface area (TPSA) is 39.9 Å². The highest BCUT2D eigenvalue weighted by Crippen LogP contribution is 2.60. The number of fused-ring (bicyclic) bond motifs is 11. The van der Waals surface area contributed by atoms with Gasteiger partial charge in [-0.3, -0.25) is 0 Å². The van der Waals surface area contributed by atoms with Crippen molar-refractivity contribution in [3.05, 3.63) is 198 Å². The molecule has 4 heteroatoms. The first-order valence-electron chi connectivity index (χ1n) is 19.3. The number of rotatable bonds is 3. The van der Waals surface area contributed by atoms with Crippen molar-refractivity contribution >= 4 is 21.8 Å². The maximum Gasteiger partial charge on any atom is 0.160 e. The highest BCUT2D eigenvalue weighted by Gasteiger charge is 2.50. The van der Waals surface area contributed by atoms with Crippen molar-refractivity contribution < 1.29 is 4.74 Å². The fourth-order valence-corrected chi connectivity index (χ4v) is 8.56. The molecule has 0 aliphatic carbocycles. The van der Waals surface area contributed by atoms with Gasteiger partial charge in [-0.1, -0.05) is 173 Å². The molecule has 11 rings (SSSR count). The van der Waals surface area contributed by atoms with E-state index in [-0.39, 0.29) is 0 Å². The average molecular weight is 712 g/mol. The molecule has 0 saturated carbocycles. The van der Waals surface area contributed by atoms with Crippen molar-refractivity contribution in [1.29, 1.82) is 0 Å². The van der Waals surface area contributed by atoms with Crippen LogP contribution >= 0.6 is 0 Å². The Bertz CT molecular complexity index is 2780. The lowest BCUT2D eigenvalue weighted by atomic mass is 9.61. The fourth-order valence-electron chi connectivity index (χ4n) is 8.56. The van der Waals surface area contributed by atoms with Crippen molar-refractivity contribution in [2.24, 2.45) is 0 Å². The summed E-state index contributed by atoms with van der Waals surface area (Å²) in [7, 11) is 0. The lowest BCUT2D eigenvalue weighted by molar-refractivity contribution is 0.434. The van der Waals surface area contributed by atoms with Crippen LogP contribution in [0.4, 0.5) is 0 Å². The van der Waals surface area contributed by atoms with Crippen LogP contribution in [0.3, 0.4) is 0 Å². The molecule has 0 fully saturated rings. The van der Waals surface area contributed by atoms with E-state index in [1.54, 1.807) is 0 Å². The number of hydrogen-bond acceptors (Lipinski definition) is 3. The molecule has 4 nitrogen and oxygen atoms in total. The van der Waals surface area contributed by atoms with Crippen LogP contribution in [0.25, 0.3) is 61.4 Å². The normalized spacial score (nSPS) is 14.4. The summed E-state index contributed by atoms with van der Waals surface area (Å²) >= 11 is 0. The van der Waals surface area contributed by atoms with E-state index < -0.39 is 5.41 Å². The molecular weight excluding hydrogens is 671 g/mol. The summed E-state index contributed by atoms with van der Waals surface area (Å²) in [6.45, 7) is 8.00. The molecule has 55 heavy (non-hydrogen) atoms. The van der Waals surface area contributed by atoms with Crippen LogP contribution in [0.2, 0.25) is 0 Å². The Morgan fingerprint density at radius 3 is 1.80 bits per heavy atom. The van der Waals surface area contributed by atoms with Gasteiger partial charge in [0.2, 0.25) is 0 Å². The van der Waals surface area contributed by atoms with Crippen LogP contribution in [0, 0.1) is 0 Å². The molecule has 1 atom stereocenters. The standard InChI is InChI=1S/C47H29N3O.2C2H6/c1-3-14-30(15-4-1)39-29-40(49-46(48-39)31-16-5-2-6-17-31)32-26-27-37-44(28-32)51-43-25-12-9-21-36(43)47(37)35-20-8-11-24-42(35)50-41-23-10-7-18-33(41)34-19-13-22-38(47)45(34)50;2*1-2/h1-29H;2*1-2H3. The molecule has 2 aliphatic heterocycles. The first kappa shape index (κ1) is 34.0. The Morgan fingerprint density at radius 2 is 1.02 bits per heavy atom. The molecule has 0 saturated heterocycles. The number of ether oxygens (including phenoxy) is 1. The zero-order valence-electron chi connectivity index (χ0n) is 31.5. The molecule has 0 radical (unpaired) electrons. The summed E-state index contributed by atoms with van der Waals surface area (Å²) in [5, 5.41) is 2.51. The number of para-hydroxylation sites is 4. The Morgan fingerprint density at radius 1 is 0.436 bits per heavy atom. The van der Waals surface area contributed by atoms with E-state index in [0.717, 1.165) is 50.7 Å². The monoisotopic (exact) mass is 711 g/mol. The van der Waals surface area contributed by atoms with Gasteiger partial charge < -0.3 is 9.30 Å². The number of hydrogen-bond donors (Lipinski definition) is 0. The number of benzene rings is 7. The van der Waals surface area contributed by atoms with Crippen LogP contribution in [-0.4, -0.2) is 14.5 Å². The molecule has 0 bridgehead atoms. The molecular formula is C51H41N3O. The highest BCUT2D eigenvalue weighted by molar-refractivity contribution is 6.12. The van der Waals surface area contributed by atoms with E-state index in [4.69, 9.17) is 14.7 Å². The van der Waals surface area contributed by atoms with Crippen LogP contribution in [0.1, 0.15) is 49.9 Å². The third-order valence-electron chi connectivity index (χ3n) is 10.7. The van der Waals surface area contributed by atoms with Gasteiger partial charge in [-0.15, -0.1) is 0 Å². The summed E-state index contributed by atoms with van der Waals surface area (Å²) in [6.07, 6.45) is 0. The molecule has 7 aromatic carbocycles. The summed E-state index contributed by atoms with van der Waals surface area (Å²) in [5.41, 5.74) is 12.5. The minimum absolute atomic E-state index is 0.612. The van der Waals surface area contributed by atoms with Crippen molar-refractivity contribution in [3.8, 4) is 51.1 Å². The van der Waals surface area contributed by atoms with Gasteiger partial charge in [0.05, 0.1) is 33.5 Å². The maximum absolute atomic E-state index is 6.90. The van der Waals surface area contributed by atoms with Gasteiger partial charge >= 0.3 is 0 Å². The molecule has 1 spiro atoms. The molecule has 2 aliphatic rings. The molecule has 0 amide bonds. The summed E-state index contributed by atoms with van der Waals surface area (Å²) in [5.74, 6) is 2.37. The molecule has 2 aromatic heterocycles. The van der Waals surface area contributed by atoms with Gasteiger partial charge in [0, 0.05) is 38.6 Å². The zero-order chi connectivity index (χ0) is 37.5. The zero-order valence-corrected chi connectivity index (χ0v) is 31.5. The van der Waals surface area contributed by atoms with Crippen LogP contribution in [-0.2, 0) is 5.41 Å². The largest absolute Gasteiger partial charge is 0.457 e. The van der Waals surface area contributed by atoms with Gasteiger partial charge in [-0.2, -0.15) is 0 Å². The predicted molar refractivity (Wildman–Crippen MR) is 227 cm³/mol. The van der Waals surface area contributed by atoms with Crippen molar-refractivity contribution in [2.75, 3.05) is 0 Å². The first-order chi connectivity index (χ1) is 27.3. The second-order valence-electron chi connectivity index (χ2n) is 13.3. The van der Waals surface area contributed by atoms with E-state index >= 15 is 0 Å². The number of nitrogens with zero attached hydrogens (tertiary/aromatic N) is 3. The minimum Gasteiger partial charge on any atom is -0.457 e.